The van der Waals surface area contributed by atoms with Crippen LogP contribution in [0.2, 0.25) is 0 Å². The molecular formula is C20H20N4O6S. The molecule has 1 aromatic carbocycles. The van der Waals surface area contributed by atoms with E-state index in [0.29, 0.717) is 29.1 Å². The van der Waals surface area contributed by atoms with Gasteiger partial charge in [-0.3, -0.25) is 14.2 Å². The average molecular weight is 444 g/mol. The number of hydrogen-bond acceptors (Lipinski definition) is 7. The molecule has 0 saturated carbocycles. The summed E-state index contributed by atoms with van der Waals surface area (Å²) in [6.45, 7) is 2.35. The molecule has 162 valence electrons. The van der Waals surface area contributed by atoms with Gasteiger partial charge in [0, 0.05) is 11.4 Å². The Morgan fingerprint density at radius 1 is 1.29 bits per heavy atom. The largest absolute Gasteiger partial charge is 0.450 e. The summed E-state index contributed by atoms with van der Waals surface area (Å²) < 4.78 is 11.4. The lowest BCUT2D eigenvalue weighted by molar-refractivity contribution is -0.116. The van der Waals surface area contributed by atoms with Crippen LogP contribution in [0.3, 0.4) is 0 Å². The van der Waals surface area contributed by atoms with Crippen molar-refractivity contribution in [2.45, 2.75) is 26.4 Å². The Morgan fingerprint density at radius 2 is 2.06 bits per heavy atom. The fraction of sp³-hybridized carbons (Fsp3) is 0.300. The molecule has 1 aliphatic heterocycles. The second-order valence-corrected chi connectivity index (χ2v) is 8.02. The maximum absolute atomic E-state index is 12.7. The first kappa shape index (κ1) is 20.7. The number of carbonyl (C=O) groups excluding carboxylic acids is 3. The standard InChI is InChI=1S/C20H20N4O6S/c1-2-29-19(27)23-8-7-11-14(9-23)31-18(16(11)17(21)26)22-15(25)10-24-12-5-3-4-6-13(12)30-20(24)28/h3-6H,2,7-10H2,1H3,(H2,21,26)(H,22,25). The van der Waals surface area contributed by atoms with Crippen LogP contribution in [0.5, 0.6) is 0 Å². The molecule has 3 aromatic rings. The molecule has 0 bridgehead atoms. The summed E-state index contributed by atoms with van der Waals surface area (Å²) in [4.78, 5) is 51.2. The minimum atomic E-state index is -0.664. The summed E-state index contributed by atoms with van der Waals surface area (Å²) in [6, 6.07) is 6.78. The van der Waals surface area contributed by atoms with E-state index in [9.17, 15) is 19.2 Å². The van der Waals surface area contributed by atoms with Gasteiger partial charge < -0.3 is 25.1 Å². The molecular weight excluding hydrogens is 424 g/mol. The zero-order valence-electron chi connectivity index (χ0n) is 16.7. The van der Waals surface area contributed by atoms with Crippen LogP contribution in [0, 0.1) is 0 Å². The average Bonchev–Trinajstić information content (AvgIpc) is 3.24. The van der Waals surface area contributed by atoms with Crippen molar-refractivity contribution in [3.05, 3.63) is 50.8 Å². The molecule has 4 rings (SSSR count). The van der Waals surface area contributed by atoms with Crippen molar-refractivity contribution in [1.82, 2.24) is 9.47 Å². The van der Waals surface area contributed by atoms with Crippen molar-refractivity contribution in [2.75, 3.05) is 18.5 Å². The number of thiophene rings is 1. The van der Waals surface area contributed by atoms with Crippen molar-refractivity contribution < 1.29 is 23.5 Å². The number of anilines is 1. The molecule has 11 heteroatoms. The molecule has 0 aliphatic carbocycles. The van der Waals surface area contributed by atoms with E-state index in [0.717, 1.165) is 10.4 Å². The Kier molecular flexibility index (Phi) is 5.51. The maximum Gasteiger partial charge on any atom is 0.420 e. The zero-order valence-corrected chi connectivity index (χ0v) is 17.5. The van der Waals surface area contributed by atoms with Crippen molar-refractivity contribution in [3.63, 3.8) is 0 Å². The molecule has 31 heavy (non-hydrogen) atoms. The van der Waals surface area contributed by atoms with Crippen LogP contribution in [-0.4, -0.2) is 40.5 Å². The summed E-state index contributed by atoms with van der Waals surface area (Å²) in [7, 11) is 0. The molecule has 0 radical (unpaired) electrons. The van der Waals surface area contributed by atoms with Crippen LogP contribution in [0.1, 0.15) is 27.7 Å². The molecule has 3 N–H and O–H groups in total. The third-order valence-electron chi connectivity index (χ3n) is 4.96. The topological polar surface area (TPSA) is 137 Å². The number of aromatic nitrogens is 1. The van der Waals surface area contributed by atoms with Crippen LogP contribution in [0.25, 0.3) is 11.1 Å². The second-order valence-electron chi connectivity index (χ2n) is 6.91. The summed E-state index contributed by atoms with van der Waals surface area (Å²) in [6.07, 6.45) is -0.0103. The highest BCUT2D eigenvalue weighted by Crippen LogP contribution is 2.37. The number of nitrogens with zero attached hydrogens (tertiary/aromatic N) is 2. The highest BCUT2D eigenvalue weighted by Gasteiger charge is 2.30. The lowest BCUT2D eigenvalue weighted by Gasteiger charge is -2.26. The van der Waals surface area contributed by atoms with Gasteiger partial charge in [-0.1, -0.05) is 12.1 Å². The lowest BCUT2D eigenvalue weighted by atomic mass is 10.0. The van der Waals surface area contributed by atoms with Gasteiger partial charge in [0.05, 0.1) is 24.2 Å². The van der Waals surface area contributed by atoms with Gasteiger partial charge in [-0.25, -0.2) is 9.59 Å². The number of nitrogens with one attached hydrogen (secondary N) is 1. The minimum absolute atomic E-state index is 0.237. The third-order valence-corrected chi connectivity index (χ3v) is 6.09. The van der Waals surface area contributed by atoms with Gasteiger partial charge in [0.2, 0.25) is 5.91 Å². The number of ether oxygens (including phenoxy) is 1. The van der Waals surface area contributed by atoms with Crippen molar-refractivity contribution >= 4 is 45.3 Å². The first-order valence-corrected chi connectivity index (χ1v) is 10.4. The van der Waals surface area contributed by atoms with Gasteiger partial charge in [-0.15, -0.1) is 11.3 Å². The smallest absolute Gasteiger partial charge is 0.420 e. The van der Waals surface area contributed by atoms with E-state index in [1.807, 2.05) is 0 Å². The zero-order chi connectivity index (χ0) is 22.1. The quantitative estimate of drug-likeness (QED) is 0.617. The molecule has 0 atom stereocenters. The summed E-state index contributed by atoms with van der Waals surface area (Å²) in [5, 5.41) is 2.99. The molecule has 3 heterocycles. The predicted octanol–water partition coefficient (Wildman–Crippen LogP) is 1.91. The van der Waals surface area contributed by atoms with E-state index in [-0.39, 0.29) is 25.3 Å². The third kappa shape index (κ3) is 3.91. The summed E-state index contributed by atoms with van der Waals surface area (Å²) >= 11 is 1.19. The van der Waals surface area contributed by atoms with Crippen LogP contribution < -0.4 is 16.8 Å². The Balaban J connectivity index is 1.58. The highest BCUT2D eigenvalue weighted by molar-refractivity contribution is 7.17. The molecule has 0 spiro atoms. The number of nitrogens with two attached hydrogens (primary N) is 1. The van der Waals surface area contributed by atoms with Gasteiger partial charge in [0.15, 0.2) is 5.58 Å². The molecule has 0 saturated heterocycles. The van der Waals surface area contributed by atoms with Gasteiger partial charge >= 0.3 is 11.8 Å². The number of fused-ring (bicyclic) bond motifs is 2. The number of primary amides is 1. The Labute approximate surface area is 180 Å². The van der Waals surface area contributed by atoms with E-state index in [4.69, 9.17) is 14.9 Å². The molecule has 1 aliphatic rings. The van der Waals surface area contributed by atoms with Crippen LogP contribution >= 0.6 is 11.3 Å². The van der Waals surface area contributed by atoms with E-state index in [2.05, 4.69) is 5.32 Å². The number of rotatable bonds is 5. The van der Waals surface area contributed by atoms with Gasteiger partial charge in [0.1, 0.15) is 11.5 Å². The van der Waals surface area contributed by atoms with Crippen molar-refractivity contribution in [3.8, 4) is 0 Å². The van der Waals surface area contributed by atoms with Gasteiger partial charge in [0.25, 0.3) is 5.91 Å². The van der Waals surface area contributed by atoms with Crippen LogP contribution in [-0.2, 0) is 29.0 Å². The van der Waals surface area contributed by atoms with Crippen molar-refractivity contribution in [1.29, 1.82) is 0 Å². The molecule has 2 aromatic heterocycles. The number of para-hydroxylation sites is 2. The molecule has 0 fully saturated rings. The van der Waals surface area contributed by atoms with E-state index in [1.165, 1.54) is 20.8 Å². The fourth-order valence-corrected chi connectivity index (χ4v) is 4.88. The number of hydrogen-bond donors (Lipinski definition) is 2. The highest BCUT2D eigenvalue weighted by atomic mass is 32.1. The SMILES string of the molecule is CCOC(=O)N1CCc2c(sc(NC(=O)Cn3c(=O)oc4ccccc43)c2C(N)=O)C1. The summed E-state index contributed by atoms with van der Waals surface area (Å²) in [5.74, 6) is -1.82. The van der Waals surface area contributed by atoms with E-state index >= 15 is 0 Å². The number of carbonyl (C=O) groups is 3. The van der Waals surface area contributed by atoms with Gasteiger partial charge in [-0.2, -0.15) is 0 Å². The first-order valence-electron chi connectivity index (χ1n) is 9.63. The normalized spacial score (nSPS) is 13.1. The lowest BCUT2D eigenvalue weighted by Crippen LogP contribution is -2.36. The molecule has 0 unspecified atom stereocenters. The Bertz CT molecular complexity index is 1240. The minimum Gasteiger partial charge on any atom is -0.450 e. The van der Waals surface area contributed by atoms with Crippen LogP contribution in [0.4, 0.5) is 9.80 Å². The number of oxazole rings is 1. The fourth-order valence-electron chi connectivity index (χ4n) is 3.60. The van der Waals surface area contributed by atoms with E-state index in [1.54, 1.807) is 31.2 Å². The predicted molar refractivity (Wildman–Crippen MR) is 113 cm³/mol. The van der Waals surface area contributed by atoms with Crippen molar-refractivity contribution in [2.24, 2.45) is 5.73 Å². The van der Waals surface area contributed by atoms with Crippen LogP contribution in [0.15, 0.2) is 33.5 Å². The molecule has 10 nitrogen and oxygen atoms in total. The first-order chi connectivity index (χ1) is 14.9. The van der Waals surface area contributed by atoms with Gasteiger partial charge in [-0.05, 0) is 31.0 Å². The maximum atomic E-state index is 12.7. The summed E-state index contributed by atoms with van der Waals surface area (Å²) in [5.41, 5.74) is 7.41. The monoisotopic (exact) mass is 444 g/mol. The Morgan fingerprint density at radius 3 is 2.81 bits per heavy atom. The second kappa shape index (κ2) is 8.26. The van der Waals surface area contributed by atoms with E-state index < -0.39 is 23.7 Å². The Hall–Kier alpha value is -3.60. The number of amides is 3. The molecule has 3 amide bonds. The number of benzene rings is 1.